The van der Waals surface area contributed by atoms with Gasteiger partial charge in [0, 0.05) is 44.3 Å². The molecule has 0 bridgehead atoms. The molecule has 0 radical (unpaired) electrons. The van der Waals surface area contributed by atoms with Gasteiger partial charge in [-0.1, -0.05) is 24.6 Å². The lowest BCUT2D eigenvalue weighted by molar-refractivity contribution is 0.114. The summed E-state index contributed by atoms with van der Waals surface area (Å²) < 4.78 is 0. The normalized spacial score (nSPS) is 25.6. The van der Waals surface area contributed by atoms with Crippen molar-refractivity contribution in [1.82, 2.24) is 10.2 Å². The summed E-state index contributed by atoms with van der Waals surface area (Å²) in [6.07, 6.45) is 3.77. The number of benzene rings is 1. The van der Waals surface area contributed by atoms with E-state index in [0.717, 1.165) is 32.2 Å². The van der Waals surface area contributed by atoms with Crippen LogP contribution < -0.4 is 10.2 Å². The van der Waals surface area contributed by atoms with Crippen LogP contribution in [0.3, 0.4) is 0 Å². The van der Waals surface area contributed by atoms with Gasteiger partial charge in [-0.15, -0.1) is 0 Å². The summed E-state index contributed by atoms with van der Waals surface area (Å²) in [4.78, 5) is 16.3. The monoisotopic (exact) mass is 331 g/mol. The molecule has 3 rings (SSSR count). The van der Waals surface area contributed by atoms with E-state index < -0.39 is 0 Å². The van der Waals surface area contributed by atoms with Crippen molar-refractivity contribution in [2.45, 2.75) is 44.8 Å². The molecule has 5 nitrogen and oxygen atoms in total. The number of hydrogen-bond donors (Lipinski definition) is 2. The average molecular weight is 331 g/mol. The maximum absolute atomic E-state index is 12.3. The van der Waals surface area contributed by atoms with Gasteiger partial charge in [0.15, 0.2) is 0 Å². The quantitative estimate of drug-likeness (QED) is 0.870. The lowest BCUT2D eigenvalue weighted by atomic mass is 10.1. The zero-order chi connectivity index (χ0) is 17.1. The SMILES string of the molecule is CC1Cc2ccccc2N1CCNC(=O)N(C)CC1CCCC1O. The number of nitrogens with one attached hydrogen (secondary N) is 1. The zero-order valence-corrected chi connectivity index (χ0v) is 14.7. The van der Waals surface area contributed by atoms with E-state index in [-0.39, 0.29) is 18.1 Å². The van der Waals surface area contributed by atoms with Crippen LogP contribution >= 0.6 is 0 Å². The Morgan fingerprint density at radius 2 is 2.17 bits per heavy atom. The van der Waals surface area contributed by atoms with E-state index in [1.807, 2.05) is 7.05 Å². The third-order valence-electron chi connectivity index (χ3n) is 5.45. The second kappa shape index (κ2) is 7.43. The summed E-state index contributed by atoms with van der Waals surface area (Å²) in [5, 5.41) is 12.9. The number of anilines is 1. The molecule has 1 fully saturated rings. The minimum atomic E-state index is -0.248. The molecular formula is C19H29N3O2. The molecule has 0 spiro atoms. The molecule has 2 amide bonds. The number of rotatable bonds is 5. The Kier molecular flexibility index (Phi) is 5.29. The maximum atomic E-state index is 12.3. The van der Waals surface area contributed by atoms with E-state index in [4.69, 9.17) is 0 Å². The highest BCUT2D eigenvalue weighted by atomic mass is 16.3. The molecule has 2 N–H and O–H groups in total. The first kappa shape index (κ1) is 17.1. The summed E-state index contributed by atoms with van der Waals surface area (Å²) in [6, 6.07) is 8.94. The Morgan fingerprint density at radius 3 is 2.92 bits per heavy atom. The van der Waals surface area contributed by atoms with Crippen LogP contribution in [0.15, 0.2) is 24.3 Å². The second-order valence-corrected chi connectivity index (χ2v) is 7.25. The van der Waals surface area contributed by atoms with Crippen LogP contribution in [0.1, 0.15) is 31.7 Å². The first-order valence-electron chi connectivity index (χ1n) is 9.08. The fraction of sp³-hybridized carbons (Fsp3) is 0.632. The number of fused-ring (bicyclic) bond motifs is 1. The Bertz CT molecular complexity index is 577. The molecule has 1 saturated carbocycles. The highest BCUT2D eigenvalue weighted by Crippen LogP contribution is 2.31. The smallest absolute Gasteiger partial charge is 0.317 e. The van der Waals surface area contributed by atoms with Crippen molar-refractivity contribution in [1.29, 1.82) is 0 Å². The van der Waals surface area contributed by atoms with Gasteiger partial charge < -0.3 is 20.2 Å². The molecule has 1 aromatic rings. The largest absolute Gasteiger partial charge is 0.393 e. The topological polar surface area (TPSA) is 55.8 Å². The predicted molar refractivity (Wildman–Crippen MR) is 96.3 cm³/mol. The van der Waals surface area contributed by atoms with Crippen molar-refractivity contribution >= 4 is 11.7 Å². The van der Waals surface area contributed by atoms with Crippen LogP contribution in [-0.4, -0.2) is 54.9 Å². The zero-order valence-electron chi connectivity index (χ0n) is 14.7. The van der Waals surface area contributed by atoms with Crippen LogP contribution in [0.4, 0.5) is 10.5 Å². The van der Waals surface area contributed by atoms with Crippen LogP contribution in [0.2, 0.25) is 0 Å². The minimum Gasteiger partial charge on any atom is -0.393 e. The maximum Gasteiger partial charge on any atom is 0.317 e. The summed E-state index contributed by atoms with van der Waals surface area (Å²) in [5.41, 5.74) is 2.69. The Labute approximate surface area is 144 Å². The summed E-state index contributed by atoms with van der Waals surface area (Å²) in [7, 11) is 1.81. The van der Waals surface area contributed by atoms with Crippen molar-refractivity contribution in [3.05, 3.63) is 29.8 Å². The standard InChI is InChI=1S/C19H29N3O2/c1-14-12-15-6-3-4-8-17(15)22(14)11-10-20-19(24)21(2)13-16-7-5-9-18(16)23/h3-4,6,8,14,16,18,23H,5,7,9-13H2,1-2H3,(H,20,24). The van der Waals surface area contributed by atoms with Gasteiger partial charge in [0.1, 0.15) is 0 Å². The number of nitrogens with zero attached hydrogens (tertiary/aromatic N) is 2. The molecule has 0 aromatic heterocycles. The second-order valence-electron chi connectivity index (χ2n) is 7.25. The van der Waals surface area contributed by atoms with Crippen LogP contribution in [0.25, 0.3) is 0 Å². The molecule has 5 heteroatoms. The van der Waals surface area contributed by atoms with Gasteiger partial charge in [-0.25, -0.2) is 4.79 Å². The van der Waals surface area contributed by atoms with Gasteiger partial charge in [0.2, 0.25) is 0 Å². The third-order valence-corrected chi connectivity index (χ3v) is 5.45. The number of aliphatic hydroxyl groups is 1. The summed E-state index contributed by atoms with van der Waals surface area (Å²) in [5.74, 6) is 0.228. The molecule has 1 heterocycles. The van der Waals surface area contributed by atoms with Gasteiger partial charge in [-0.05, 0) is 37.8 Å². The molecular weight excluding hydrogens is 302 g/mol. The van der Waals surface area contributed by atoms with Gasteiger partial charge in [-0.2, -0.15) is 0 Å². The first-order valence-corrected chi connectivity index (χ1v) is 9.08. The third kappa shape index (κ3) is 3.66. The van der Waals surface area contributed by atoms with Crippen LogP contribution in [0, 0.1) is 5.92 Å². The van der Waals surface area contributed by atoms with Crippen molar-refractivity contribution < 1.29 is 9.90 Å². The molecule has 0 saturated heterocycles. The van der Waals surface area contributed by atoms with Gasteiger partial charge in [0.25, 0.3) is 0 Å². The average Bonchev–Trinajstić information content (AvgIpc) is 3.11. The molecule has 132 valence electrons. The Hall–Kier alpha value is -1.75. The molecule has 1 aromatic carbocycles. The van der Waals surface area contributed by atoms with Crippen molar-refractivity contribution in [3.8, 4) is 0 Å². The van der Waals surface area contributed by atoms with Crippen molar-refractivity contribution in [2.75, 3.05) is 31.6 Å². The fourth-order valence-electron chi connectivity index (χ4n) is 4.05. The number of carbonyl (C=O) groups excluding carboxylic acids is 1. The van der Waals surface area contributed by atoms with E-state index in [1.54, 1.807) is 4.90 Å². The number of urea groups is 1. The molecule has 1 aliphatic heterocycles. The van der Waals surface area contributed by atoms with E-state index in [2.05, 4.69) is 41.4 Å². The fourth-order valence-corrected chi connectivity index (χ4v) is 4.05. The van der Waals surface area contributed by atoms with Crippen LogP contribution in [-0.2, 0) is 6.42 Å². The first-order chi connectivity index (χ1) is 11.6. The van der Waals surface area contributed by atoms with Crippen molar-refractivity contribution in [2.24, 2.45) is 5.92 Å². The lowest BCUT2D eigenvalue weighted by Crippen LogP contribution is -2.44. The number of amides is 2. The molecule has 3 unspecified atom stereocenters. The van der Waals surface area contributed by atoms with E-state index >= 15 is 0 Å². The van der Waals surface area contributed by atoms with E-state index in [0.29, 0.717) is 19.1 Å². The molecule has 2 aliphatic rings. The van der Waals surface area contributed by atoms with Crippen molar-refractivity contribution in [3.63, 3.8) is 0 Å². The number of hydrogen-bond acceptors (Lipinski definition) is 3. The minimum absolute atomic E-state index is 0.0470. The molecule has 1 aliphatic carbocycles. The Balaban J connectivity index is 1.45. The molecule has 24 heavy (non-hydrogen) atoms. The van der Waals surface area contributed by atoms with E-state index in [9.17, 15) is 9.90 Å². The number of aliphatic hydroxyl groups excluding tert-OH is 1. The predicted octanol–water partition coefficient (Wildman–Crippen LogP) is 2.24. The highest BCUT2D eigenvalue weighted by molar-refractivity contribution is 5.74. The van der Waals surface area contributed by atoms with E-state index in [1.165, 1.54) is 11.3 Å². The highest BCUT2D eigenvalue weighted by Gasteiger charge is 2.28. The molecule has 3 atom stereocenters. The Morgan fingerprint density at radius 1 is 1.38 bits per heavy atom. The summed E-state index contributed by atoms with van der Waals surface area (Å²) >= 11 is 0. The van der Waals surface area contributed by atoms with Gasteiger partial charge >= 0.3 is 6.03 Å². The number of carbonyl (C=O) groups is 1. The summed E-state index contributed by atoms with van der Waals surface area (Å²) in [6.45, 7) is 4.32. The van der Waals surface area contributed by atoms with Crippen LogP contribution in [0.5, 0.6) is 0 Å². The number of para-hydroxylation sites is 1. The van der Waals surface area contributed by atoms with Gasteiger partial charge in [-0.3, -0.25) is 0 Å². The lowest BCUT2D eigenvalue weighted by Gasteiger charge is -2.27. The van der Waals surface area contributed by atoms with Gasteiger partial charge in [0.05, 0.1) is 6.10 Å².